The fraction of sp³-hybridized carbons (Fsp3) is 0.310. The Morgan fingerprint density at radius 2 is 1.82 bits per heavy atom. The summed E-state index contributed by atoms with van der Waals surface area (Å²) >= 11 is 0. The number of hydrogen-bond acceptors (Lipinski definition) is 5. The Balaban J connectivity index is 1.58. The topological polar surface area (TPSA) is 89.4 Å². The van der Waals surface area contributed by atoms with Crippen LogP contribution in [0.4, 0.5) is 10.1 Å². The van der Waals surface area contributed by atoms with E-state index in [-0.39, 0.29) is 24.2 Å². The van der Waals surface area contributed by atoms with Gasteiger partial charge in [0.1, 0.15) is 29.7 Å². The molecule has 8 nitrogen and oxygen atoms in total. The van der Waals surface area contributed by atoms with E-state index < -0.39 is 17.8 Å². The molecule has 1 atom stereocenters. The minimum atomic E-state index is -1.13. The van der Waals surface area contributed by atoms with E-state index in [1.54, 1.807) is 42.5 Å². The lowest BCUT2D eigenvalue weighted by Gasteiger charge is -2.33. The Morgan fingerprint density at radius 1 is 1.05 bits per heavy atom. The molecule has 1 heterocycles. The zero-order valence-electron chi connectivity index (χ0n) is 21.2. The second-order valence-corrected chi connectivity index (χ2v) is 9.47. The molecule has 0 radical (unpaired) electrons. The Morgan fingerprint density at radius 3 is 2.61 bits per heavy atom. The van der Waals surface area contributed by atoms with Gasteiger partial charge in [-0.2, -0.15) is 0 Å². The van der Waals surface area contributed by atoms with Crippen LogP contribution in [0.25, 0.3) is 11.0 Å². The van der Waals surface area contributed by atoms with Gasteiger partial charge in [-0.05, 0) is 54.8 Å². The van der Waals surface area contributed by atoms with Crippen molar-refractivity contribution < 1.29 is 18.7 Å². The van der Waals surface area contributed by atoms with Gasteiger partial charge >= 0.3 is 0 Å². The van der Waals surface area contributed by atoms with Crippen molar-refractivity contribution in [3.05, 3.63) is 84.2 Å². The van der Waals surface area contributed by atoms with Gasteiger partial charge in [-0.3, -0.25) is 14.5 Å². The third-order valence-electron chi connectivity index (χ3n) is 6.95. The van der Waals surface area contributed by atoms with Crippen molar-refractivity contribution in [1.82, 2.24) is 20.3 Å². The Bertz CT molecular complexity index is 1430. The second kappa shape index (κ2) is 11.4. The largest absolute Gasteiger partial charge is 0.497 e. The number of amides is 2. The van der Waals surface area contributed by atoms with Crippen LogP contribution in [0.5, 0.6) is 5.75 Å². The van der Waals surface area contributed by atoms with E-state index in [0.717, 1.165) is 32.1 Å². The van der Waals surface area contributed by atoms with Crippen LogP contribution in [-0.4, -0.2) is 40.0 Å². The summed E-state index contributed by atoms with van der Waals surface area (Å²) in [6.07, 6.45) is 4.94. The maximum atomic E-state index is 15.3. The molecule has 38 heavy (non-hydrogen) atoms. The molecule has 4 aromatic rings. The number of carbonyl (C=O) groups excluding carboxylic acids is 2. The van der Waals surface area contributed by atoms with Crippen molar-refractivity contribution in [1.29, 1.82) is 0 Å². The van der Waals surface area contributed by atoms with Gasteiger partial charge in [0.05, 0.1) is 18.3 Å². The van der Waals surface area contributed by atoms with Crippen molar-refractivity contribution in [2.45, 2.75) is 50.7 Å². The van der Waals surface area contributed by atoms with Crippen LogP contribution in [0.1, 0.15) is 43.7 Å². The number of nitrogens with zero attached hydrogens (tertiary/aromatic N) is 4. The molecule has 196 valence electrons. The van der Waals surface area contributed by atoms with Gasteiger partial charge in [-0.15, -0.1) is 5.10 Å². The maximum Gasteiger partial charge on any atom is 0.249 e. The number of benzene rings is 3. The van der Waals surface area contributed by atoms with Crippen LogP contribution in [-0.2, 0) is 16.1 Å². The van der Waals surface area contributed by atoms with Gasteiger partial charge < -0.3 is 10.1 Å². The van der Waals surface area contributed by atoms with Crippen molar-refractivity contribution in [3.63, 3.8) is 0 Å². The quantitative estimate of drug-likeness (QED) is 0.364. The van der Waals surface area contributed by atoms with E-state index in [0.29, 0.717) is 22.3 Å². The molecule has 1 aliphatic carbocycles. The van der Waals surface area contributed by atoms with Gasteiger partial charge in [-0.25, -0.2) is 9.07 Å². The number of hydrogen-bond donors (Lipinski definition) is 1. The first-order valence-electron chi connectivity index (χ1n) is 12.8. The summed E-state index contributed by atoms with van der Waals surface area (Å²) < 4.78 is 22.2. The van der Waals surface area contributed by atoms with Crippen LogP contribution in [0.15, 0.2) is 72.8 Å². The molecule has 1 unspecified atom stereocenters. The highest BCUT2D eigenvalue weighted by atomic mass is 19.1. The minimum Gasteiger partial charge on any atom is -0.497 e. The molecule has 0 saturated heterocycles. The zero-order chi connectivity index (χ0) is 26.5. The van der Waals surface area contributed by atoms with Crippen LogP contribution < -0.4 is 15.0 Å². The van der Waals surface area contributed by atoms with Gasteiger partial charge in [0.25, 0.3) is 0 Å². The summed E-state index contributed by atoms with van der Waals surface area (Å²) in [6.45, 7) is -0.230. The van der Waals surface area contributed by atoms with Crippen LogP contribution in [0.3, 0.4) is 0 Å². The molecular formula is C29H30FN5O3. The highest BCUT2D eigenvalue weighted by Crippen LogP contribution is 2.32. The lowest BCUT2D eigenvalue weighted by molar-refractivity contribution is -0.127. The number of carbonyl (C=O) groups is 2. The summed E-state index contributed by atoms with van der Waals surface area (Å²) in [4.78, 5) is 29.2. The Kier molecular flexibility index (Phi) is 7.62. The predicted molar refractivity (Wildman–Crippen MR) is 142 cm³/mol. The number of ether oxygens (including phenoxy) is 1. The fourth-order valence-electron chi connectivity index (χ4n) is 5.06. The third kappa shape index (κ3) is 5.37. The first kappa shape index (κ1) is 25.4. The number of aromatic nitrogens is 3. The molecule has 1 saturated carbocycles. The molecule has 0 bridgehead atoms. The Hall–Kier alpha value is -4.27. The summed E-state index contributed by atoms with van der Waals surface area (Å²) in [6, 6.07) is 19.1. The van der Waals surface area contributed by atoms with Crippen molar-refractivity contribution in [3.8, 4) is 5.75 Å². The van der Waals surface area contributed by atoms with Crippen LogP contribution in [0.2, 0.25) is 0 Å². The molecule has 1 N–H and O–H groups in total. The number of methoxy groups -OCH3 is 1. The van der Waals surface area contributed by atoms with Crippen molar-refractivity contribution in [2.24, 2.45) is 0 Å². The van der Waals surface area contributed by atoms with Gasteiger partial charge in [0.2, 0.25) is 11.8 Å². The minimum absolute atomic E-state index is 0.00110. The molecular weight excluding hydrogens is 485 g/mol. The number of nitrogens with one attached hydrogen (secondary N) is 1. The molecule has 9 heteroatoms. The smallest absolute Gasteiger partial charge is 0.249 e. The average Bonchev–Trinajstić information content (AvgIpc) is 3.35. The van der Waals surface area contributed by atoms with Gasteiger partial charge in [0.15, 0.2) is 0 Å². The second-order valence-electron chi connectivity index (χ2n) is 9.47. The molecule has 3 aromatic carbocycles. The van der Waals surface area contributed by atoms with Crippen molar-refractivity contribution in [2.75, 3.05) is 12.0 Å². The number of rotatable bonds is 8. The van der Waals surface area contributed by atoms with E-state index in [9.17, 15) is 9.59 Å². The monoisotopic (exact) mass is 515 g/mol. The highest BCUT2D eigenvalue weighted by Gasteiger charge is 2.36. The van der Waals surface area contributed by atoms with Crippen LogP contribution in [0, 0.1) is 5.82 Å². The third-order valence-corrected chi connectivity index (χ3v) is 6.95. The normalized spacial score (nSPS) is 14.7. The van der Waals surface area contributed by atoms with E-state index in [1.807, 2.05) is 18.2 Å². The van der Waals surface area contributed by atoms with Crippen molar-refractivity contribution >= 4 is 28.5 Å². The van der Waals surface area contributed by atoms with E-state index in [4.69, 9.17) is 4.74 Å². The summed E-state index contributed by atoms with van der Waals surface area (Å²) in [5.74, 6) is -0.952. The number of fused-ring (bicyclic) bond motifs is 1. The summed E-state index contributed by atoms with van der Waals surface area (Å²) in [7, 11) is 1.53. The first-order valence-corrected chi connectivity index (χ1v) is 12.8. The number of para-hydroxylation sites is 2. The Labute approximate surface area is 220 Å². The molecule has 1 aliphatic rings. The fourth-order valence-corrected chi connectivity index (χ4v) is 5.06. The standard InChI is InChI=1S/C29H30FN5O3/c1-38-22-13-9-10-20(18-22)28(29(37)31-21-11-3-2-4-12-21)35(25-16-7-5-14-23(25)30)27(36)19-34-26-17-8-6-15-24(26)32-33-34/h5-10,13-18,21,28H,2-4,11-12,19H2,1H3,(H,31,37). The van der Waals surface area contributed by atoms with E-state index >= 15 is 4.39 Å². The number of halogens is 1. The zero-order valence-corrected chi connectivity index (χ0v) is 21.2. The molecule has 0 aliphatic heterocycles. The molecule has 1 aromatic heterocycles. The lowest BCUT2D eigenvalue weighted by Crippen LogP contribution is -2.48. The molecule has 0 spiro atoms. The SMILES string of the molecule is COc1cccc(C(C(=O)NC2CCCCC2)N(C(=O)Cn2nnc3ccccc32)c2ccccc2F)c1. The van der Waals surface area contributed by atoms with Gasteiger partial charge in [0, 0.05) is 6.04 Å². The highest BCUT2D eigenvalue weighted by molar-refractivity contribution is 6.01. The predicted octanol–water partition coefficient (Wildman–Crippen LogP) is 4.80. The average molecular weight is 516 g/mol. The molecule has 5 rings (SSSR count). The molecule has 2 amide bonds. The summed E-state index contributed by atoms with van der Waals surface area (Å²) in [5, 5.41) is 11.4. The number of anilines is 1. The molecule has 1 fully saturated rings. The summed E-state index contributed by atoms with van der Waals surface area (Å²) in [5.41, 5.74) is 1.82. The maximum absolute atomic E-state index is 15.3. The van der Waals surface area contributed by atoms with Crippen LogP contribution >= 0.6 is 0 Å². The van der Waals surface area contributed by atoms with E-state index in [1.165, 1.54) is 28.8 Å². The van der Waals surface area contributed by atoms with E-state index in [2.05, 4.69) is 15.6 Å². The van der Waals surface area contributed by atoms with Gasteiger partial charge in [-0.1, -0.05) is 60.9 Å². The first-order chi connectivity index (χ1) is 18.5. The lowest BCUT2D eigenvalue weighted by atomic mass is 9.94.